The minimum atomic E-state index is -0.393. The van der Waals surface area contributed by atoms with Crippen LogP contribution in [0.25, 0.3) is 0 Å². The fourth-order valence-electron chi connectivity index (χ4n) is 3.17. The second-order valence-corrected chi connectivity index (χ2v) is 5.48. The fourth-order valence-corrected chi connectivity index (χ4v) is 3.17. The van der Waals surface area contributed by atoms with Gasteiger partial charge in [-0.05, 0) is 56.3 Å². The van der Waals surface area contributed by atoms with Crippen molar-refractivity contribution in [2.45, 2.75) is 32.1 Å². The Morgan fingerprint density at radius 3 is 2.50 bits per heavy atom. The van der Waals surface area contributed by atoms with E-state index in [1.165, 1.54) is 18.2 Å². The van der Waals surface area contributed by atoms with Gasteiger partial charge in [0.15, 0.2) is 0 Å². The average molecular weight is 253 g/mol. The minimum absolute atomic E-state index is 0.00222. The first-order valence-electron chi connectivity index (χ1n) is 6.72. The molecule has 0 saturated heterocycles. The lowest BCUT2D eigenvalue weighted by atomic mass is 9.71. The Kier molecular flexibility index (Phi) is 4.33. The Balaban J connectivity index is 2.32. The van der Waals surface area contributed by atoms with Crippen molar-refractivity contribution in [3.63, 3.8) is 0 Å². The highest BCUT2D eigenvalue weighted by atomic mass is 19.1. The molecule has 1 aliphatic rings. The molecule has 1 aromatic carbocycles. The Bertz CT molecular complexity index is 385. The van der Waals surface area contributed by atoms with Crippen molar-refractivity contribution >= 4 is 0 Å². The van der Waals surface area contributed by atoms with Gasteiger partial charge in [-0.3, -0.25) is 0 Å². The van der Waals surface area contributed by atoms with E-state index in [-0.39, 0.29) is 5.92 Å². The van der Waals surface area contributed by atoms with Gasteiger partial charge in [0.05, 0.1) is 0 Å². The minimum Gasteiger partial charge on any atom is -0.319 e. The van der Waals surface area contributed by atoms with Crippen LogP contribution in [0.4, 0.5) is 8.78 Å². The van der Waals surface area contributed by atoms with E-state index >= 15 is 0 Å². The normalized spacial score (nSPS) is 28.3. The zero-order valence-corrected chi connectivity index (χ0v) is 11.0. The van der Waals surface area contributed by atoms with E-state index in [2.05, 4.69) is 12.2 Å². The molecule has 1 fully saturated rings. The zero-order valence-electron chi connectivity index (χ0n) is 11.0. The molecule has 1 aliphatic carbocycles. The third kappa shape index (κ3) is 2.72. The Morgan fingerprint density at radius 1 is 1.22 bits per heavy atom. The molecule has 2 rings (SSSR count). The van der Waals surface area contributed by atoms with Gasteiger partial charge < -0.3 is 5.32 Å². The van der Waals surface area contributed by atoms with Gasteiger partial charge in [0.25, 0.3) is 0 Å². The summed E-state index contributed by atoms with van der Waals surface area (Å²) in [5, 5.41) is 3.15. The highest BCUT2D eigenvalue weighted by molar-refractivity contribution is 5.25. The molecule has 3 unspecified atom stereocenters. The lowest BCUT2D eigenvalue weighted by molar-refractivity contribution is 0.236. The van der Waals surface area contributed by atoms with E-state index in [0.717, 1.165) is 25.8 Å². The number of nitrogens with one attached hydrogen (secondary N) is 1. The molecule has 3 heteroatoms. The highest BCUT2D eigenvalue weighted by Crippen LogP contribution is 2.41. The Hall–Kier alpha value is -0.960. The zero-order chi connectivity index (χ0) is 13.1. The first-order chi connectivity index (χ1) is 8.63. The second-order valence-electron chi connectivity index (χ2n) is 5.48. The molecule has 1 nitrogen and oxygen atoms in total. The Labute approximate surface area is 108 Å². The molecule has 100 valence electrons. The van der Waals surface area contributed by atoms with E-state index in [1.807, 2.05) is 7.05 Å². The third-order valence-corrected chi connectivity index (χ3v) is 4.09. The maximum absolute atomic E-state index is 13.9. The van der Waals surface area contributed by atoms with Crippen LogP contribution in [0.2, 0.25) is 0 Å². The van der Waals surface area contributed by atoms with Crippen LogP contribution in [0.15, 0.2) is 18.2 Å². The van der Waals surface area contributed by atoms with Crippen molar-refractivity contribution in [1.29, 1.82) is 0 Å². The monoisotopic (exact) mass is 253 g/mol. The van der Waals surface area contributed by atoms with Crippen molar-refractivity contribution in [2.24, 2.45) is 11.8 Å². The van der Waals surface area contributed by atoms with Gasteiger partial charge >= 0.3 is 0 Å². The molecule has 1 saturated carbocycles. The van der Waals surface area contributed by atoms with Gasteiger partial charge in [-0.2, -0.15) is 0 Å². The SMILES string of the molecule is CNCC1CCC(C)CC1c1c(F)cccc1F. The largest absolute Gasteiger partial charge is 0.319 e. The smallest absolute Gasteiger partial charge is 0.129 e. The molecular formula is C15H21F2N. The summed E-state index contributed by atoms with van der Waals surface area (Å²) < 4.78 is 27.8. The molecular weight excluding hydrogens is 232 g/mol. The van der Waals surface area contributed by atoms with Crippen LogP contribution in [0.1, 0.15) is 37.7 Å². The van der Waals surface area contributed by atoms with E-state index < -0.39 is 11.6 Å². The number of hydrogen-bond acceptors (Lipinski definition) is 1. The maximum Gasteiger partial charge on any atom is 0.129 e. The van der Waals surface area contributed by atoms with Crippen molar-refractivity contribution in [2.75, 3.05) is 13.6 Å². The molecule has 0 aliphatic heterocycles. The van der Waals surface area contributed by atoms with Gasteiger partial charge in [0.1, 0.15) is 11.6 Å². The van der Waals surface area contributed by atoms with Gasteiger partial charge in [-0.15, -0.1) is 0 Å². The lowest BCUT2D eigenvalue weighted by Crippen LogP contribution is -2.31. The predicted octanol–water partition coefficient (Wildman–Crippen LogP) is 3.70. The summed E-state index contributed by atoms with van der Waals surface area (Å²) in [5.74, 6) is 0.0903. The number of benzene rings is 1. The molecule has 18 heavy (non-hydrogen) atoms. The molecule has 0 spiro atoms. The van der Waals surface area contributed by atoms with Crippen LogP contribution >= 0.6 is 0 Å². The fraction of sp³-hybridized carbons (Fsp3) is 0.600. The van der Waals surface area contributed by atoms with Gasteiger partial charge in [-0.1, -0.05) is 19.4 Å². The van der Waals surface area contributed by atoms with Crippen molar-refractivity contribution < 1.29 is 8.78 Å². The molecule has 0 aromatic heterocycles. The van der Waals surface area contributed by atoms with Crippen LogP contribution in [-0.4, -0.2) is 13.6 Å². The third-order valence-electron chi connectivity index (χ3n) is 4.09. The topological polar surface area (TPSA) is 12.0 Å². The van der Waals surface area contributed by atoms with E-state index in [0.29, 0.717) is 17.4 Å². The van der Waals surface area contributed by atoms with Crippen LogP contribution in [0.5, 0.6) is 0 Å². The van der Waals surface area contributed by atoms with Gasteiger partial charge in [0.2, 0.25) is 0 Å². The van der Waals surface area contributed by atoms with E-state index in [4.69, 9.17) is 0 Å². The second kappa shape index (κ2) is 5.79. The molecule has 0 heterocycles. The van der Waals surface area contributed by atoms with Crippen LogP contribution in [0.3, 0.4) is 0 Å². The molecule has 0 amide bonds. The molecule has 1 aromatic rings. The summed E-state index contributed by atoms with van der Waals surface area (Å²) in [6.45, 7) is 2.99. The van der Waals surface area contributed by atoms with Gasteiger partial charge in [-0.25, -0.2) is 8.78 Å². The first kappa shape index (κ1) is 13.5. The van der Waals surface area contributed by atoms with Crippen LogP contribution in [0, 0.1) is 23.5 Å². The predicted molar refractivity (Wildman–Crippen MR) is 69.5 cm³/mol. The summed E-state index contributed by atoms with van der Waals surface area (Å²) in [7, 11) is 1.90. The van der Waals surface area contributed by atoms with Crippen molar-refractivity contribution in [1.82, 2.24) is 5.32 Å². The average Bonchev–Trinajstić information content (AvgIpc) is 2.32. The van der Waals surface area contributed by atoms with Crippen LogP contribution in [-0.2, 0) is 0 Å². The summed E-state index contributed by atoms with van der Waals surface area (Å²) in [4.78, 5) is 0. The molecule has 0 bridgehead atoms. The summed E-state index contributed by atoms with van der Waals surface area (Å²) in [6, 6.07) is 4.18. The first-order valence-corrected chi connectivity index (χ1v) is 6.72. The highest BCUT2D eigenvalue weighted by Gasteiger charge is 2.32. The lowest BCUT2D eigenvalue weighted by Gasteiger charge is -2.35. The van der Waals surface area contributed by atoms with Crippen LogP contribution < -0.4 is 5.32 Å². The quantitative estimate of drug-likeness (QED) is 0.866. The van der Waals surface area contributed by atoms with Gasteiger partial charge in [0, 0.05) is 5.56 Å². The Morgan fingerprint density at radius 2 is 1.89 bits per heavy atom. The summed E-state index contributed by atoms with van der Waals surface area (Å²) >= 11 is 0. The van der Waals surface area contributed by atoms with E-state index in [1.54, 1.807) is 0 Å². The van der Waals surface area contributed by atoms with Crippen molar-refractivity contribution in [3.8, 4) is 0 Å². The molecule has 0 radical (unpaired) electrons. The van der Waals surface area contributed by atoms with E-state index in [9.17, 15) is 8.78 Å². The summed E-state index contributed by atoms with van der Waals surface area (Å²) in [5.41, 5.74) is 0.296. The molecule has 1 N–H and O–H groups in total. The molecule has 3 atom stereocenters. The summed E-state index contributed by atoms with van der Waals surface area (Å²) in [6.07, 6.45) is 3.07. The maximum atomic E-state index is 13.9. The van der Waals surface area contributed by atoms with Crippen molar-refractivity contribution in [3.05, 3.63) is 35.4 Å². The standard InChI is InChI=1S/C15H21F2N/c1-10-6-7-11(9-18-2)12(8-10)15-13(16)4-3-5-14(15)17/h3-5,10-12,18H,6-9H2,1-2H3. The number of rotatable bonds is 3. The number of halogens is 2. The number of hydrogen-bond donors (Lipinski definition) is 1.